The first-order valence-electron chi connectivity index (χ1n) is 15.1. The molecule has 0 spiro atoms. The first-order valence-corrected chi connectivity index (χ1v) is 17.2. The summed E-state index contributed by atoms with van der Waals surface area (Å²) in [5, 5.41) is 6.06. The van der Waals surface area contributed by atoms with Crippen molar-refractivity contribution in [1.29, 1.82) is 0 Å². The van der Waals surface area contributed by atoms with Crippen LogP contribution in [-0.2, 0) is 13.1 Å². The molecule has 0 saturated carbocycles. The Labute approximate surface area is 268 Å². The summed E-state index contributed by atoms with van der Waals surface area (Å²) in [6.07, 6.45) is 4.24. The second-order valence-electron chi connectivity index (χ2n) is 10.2. The average Bonchev–Trinajstić information content (AvgIpc) is 3.07. The van der Waals surface area contributed by atoms with E-state index in [-0.39, 0.29) is 11.8 Å². The lowest BCUT2D eigenvalue weighted by atomic mass is 10.2. The Kier molecular flexibility index (Phi) is 13.5. The molecule has 4 aromatic rings. The van der Waals surface area contributed by atoms with Crippen molar-refractivity contribution in [2.24, 2.45) is 0 Å². The third kappa shape index (κ3) is 10.4. The summed E-state index contributed by atoms with van der Waals surface area (Å²) in [6.45, 7) is 6.51. The van der Waals surface area contributed by atoms with E-state index in [4.69, 9.17) is 9.47 Å². The van der Waals surface area contributed by atoms with E-state index >= 15 is 0 Å². The van der Waals surface area contributed by atoms with Crippen molar-refractivity contribution >= 4 is 33.4 Å². The Bertz CT molecular complexity index is 1360. The minimum absolute atomic E-state index is 0.148. The first-order chi connectivity index (χ1) is 21.6. The summed E-state index contributed by atoms with van der Waals surface area (Å²) in [7, 11) is 2.93. The maximum Gasteiger partial charge on any atom is 0.252 e. The summed E-state index contributed by atoms with van der Waals surface area (Å²) in [6, 6.07) is 30.7. The van der Waals surface area contributed by atoms with Gasteiger partial charge in [0, 0.05) is 22.9 Å². The first kappa shape index (κ1) is 33.0. The van der Waals surface area contributed by atoms with Gasteiger partial charge in [-0.3, -0.25) is 9.59 Å². The van der Waals surface area contributed by atoms with Gasteiger partial charge < -0.3 is 20.1 Å². The predicted molar refractivity (Wildman–Crippen MR) is 181 cm³/mol. The minimum Gasteiger partial charge on any atom is -0.494 e. The van der Waals surface area contributed by atoms with Crippen LogP contribution in [0, 0.1) is 0 Å². The number of carbonyl (C=O) groups is 2. The molecule has 0 heterocycles. The van der Waals surface area contributed by atoms with Gasteiger partial charge in [0.2, 0.25) is 0 Å². The lowest BCUT2D eigenvalue weighted by Gasteiger charge is -2.12. The molecule has 4 rings (SSSR count). The molecule has 0 bridgehead atoms. The number of benzene rings is 4. The van der Waals surface area contributed by atoms with Crippen LogP contribution in [0.25, 0.3) is 0 Å². The fourth-order valence-corrected chi connectivity index (χ4v) is 6.53. The van der Waals surface area contributed by atoms with Crippen LogP contribution in [0.5, 0.6) is 11.5 Å². The van der Waals surface area contributed by atoms with Crippen molar-refractivity contribution in [2.45, 2.75) is 62.4 Å². The normalized spacial score (nSPS) is 10.7. The molecule has 0 radical (unpaired) electrons. The number of unbranched alkanes of at least 4 members (excludes halogenated alkanes) is 2. The monoisotopic (exact) mass is 628 g/mol. The van der Waals surface area contributed by atoms with Crippen molar-refractivity contribution in [3.8, 4) is 11.5 Å². The Balaban J connectivity index is 1.31. The molecule has 44 heavy (non-hydrogen) atoms. The van der Waals surface area contributed by atoms with E-state index in [9.17, 15) is 9.59 Å². The van der Waals surface area contributed by atoms with Gasteiger partial charge in [-0.1, -0.05) is 96.8 Å². The van der Waals surface area contributed by atoms with Crippen LogP contribution in [0.15, 0.2) is 107 Å². The maximum absolute atomic E-state index is 13.1. The number of hydrogen-bond donors (Lipinski definition) is 2. The summed E-state index contributed by atoms with van der Waals surface area (Å²) in [5.41, 5.74) is 3.18. The molecule has 0 atom stereocenters. The molecular weight excluding hydrogens is 589 g/mol. The lowest BCUT2D eigenvalue weighted by molar-refractivity contribution is 0.0940. The zero-order valence-corrected chi connectivity index (χ0v) is 27.0. The van der Waals surface area contributed by atoms with Crippen LogP contribution in [0.4, 0.5) is 0 Å². The molecule has 2 amide bonds. The van der Waals surface area contributed by atoms with Crippen molar-refractivity contribution in [3.63, 3.8) is 0 Å². The largest absolute Gasteiger partial charge is 0.494 e. The van der Waals surface area contributed by atoms with Crippen LogP contribution < -0.4 is 20.1 Å². The maximum atomic E-state index is 13.1. The van der Waals surface area contributed by atoms with E-state index in [1.165, 1.54) is 21.6 Å². The van der Waals surface area contributed by atoms with Crippen molar-refractivity contribution in [2.75, 3.05) is 13.2 Å². The summed E-state index contributed by atoms with van der Waals surface area (Å²) in [4.78, 5) is 27.9. The molecule has 0 fully saturated rings. The standard InChI is InChI=1S/C36H40N2O4S2/c1-3-5-23-41-29-19-15-27(16-20-29)25-37-35(39)31-11-7-9-13-33(31)43-44-34-14-10-8-12-32(34)36(40)38-26-28-17-21-30(22-18-28)42-24-6-4-2/h7-22H,3-6,23-26H2,1-2H3,(H,37,39)(H,38,40). The van der Waals surface area contributed by atoms with Crippen LogP contribution in [0.2, 0.25) is 0 Å². The number of hydrogen-bond acceptors (Lipinski definition) is 6. The number of nitrogens with one attached hydrogen (secondary N) is 2. The Morgan fingerprint density at radius 1 is 0.568 bits per heavy atom. The van der Waals surface area contributed by atoms with E-state index in [1.54, 1.807) is 0 Å². The van der Waals surface area contributed by atoms with Gasteiger partial charge in [0.25, 0.3) is 11.8 Å². The van der Waals surface area contributed by atoms with Crippen LogP contribution in [0.1, 0.15) is 71.4 Å². The van der Waals surface area contributed by atoms with Gasteiger partial charge in [-0.2, -0.15) is 0 Å². The third-order valence-electron chi connectivity index (χ3n) is 6.77. The van der Waals surface area contributed by atoms with Crippen molar-refractivity contribution in [1.82, 2.24) is 10.6 Å². The molecule has 0 unspecified atom stereocenters. The predicted octanol–water partition coefficient (Wildman–Crippen LogP) is 8.70. The molecule has 0 aliphatic carbocycles. The van der Waals surface area contributed by atoms with E-state index in [0.717, 1.165) is 58.1 Å². The minimum atomic E-state index is -0.148. The molecule has 0 aromatic heterocycles. The fourth-order valence-electron chi connectivity index (χ4n) is 4.17. The lowest BCUT2D eigenvalue weighted by Crippen LogP contribution is -2.23. The van der Waals surface area contributed by atoms with Gasteiger partial charge in [0.05, 0.1) is 24.3 Å². The van der Waals surface area contributed by atoms with E-state index < -0.39 is 0 Å². The highest BCUT2D eigenvalue weighted by molar-refractivity contribution is 8.76. The van der Waals surface area contributed by atoms with Gasteiger partial charge in [0.15, 0.2) is 0 Å². The van der Waals surface area contributed by atoms with Crippen molar-refractivity contribution in [3.05, 3.63) is 119 Å². The van der Waals surface area contributed by atoms with E-state index in [1.807, 2.05) is 97.1 Å². The van der Waals surface area contributed by atoms with Gasteiger partial charge in [-0.25, -0.2) is 0 Å². The zero-order valence-electron chi connectivity index (χ0n) is 25.3. The quantitative estimate of drug-likeness (QED) is 0.0900. The van der Waals surface area contributed by atoms with E-state index in [0.29, 0.717) is 37.4 Å². The summed E-state index contributed by atoms with van der Waals surface area (Å²) < 4.78 is 11.5. The Morgan fingerprint density at radius 2 is 0.955 bits per heavy atom. The zero-order chi connectivity index (χ0) is 31.0. The van der Waals surface area contributed by atoms with Crippen LogP contribution >= 0.6 is 21.6 Å². The van der Waals surface area contributed by atoms with Crippen LogP contribution in [-0.4, -0.2) is 25.0 Å². The van der Waals surface area contributed by atoms with Crippen LogP contribution in [0.3, 0.4) is 0 Å². The fraction of sp³-hybridized carbons (Fsp3) is 0.278. The molecule has 0 aliphatic rings. The van der Waals surface area contributed by atoms with Gasteiger partial charge >= 0.3 is 0 Å². The molecule has 0 aliphatic heterocycles. The number of ether oxygens (including phenoxy) is 2. The second-order valence-corrected chi connectivity index (χ2v) is 12.4. The molecule has 8 heteroatoms. The Morgan fingerprint density at radius 3 is 1.34 bits per heavy atom. The van der Waals surface area contributed by atoms with Crippen molar-refractivity contribution < 1.29 is 19.1 Å². The highest BCUT2D eigenvalue weighted by atomic mass is 33.1. The molecule has 230 valence electrons. The molecule has 4 aromatic carbocycles. The molecule has 2 N–H and O–H groups in total. The summed E-state index contributed by atoms with van der Waals surface area (Å²) in [5.74, 6) is 1.38. The molecular formula is C36H40N2O4S2. The second kappa shape index (κ2) is 18.0. The smallest absolute Gasteiger partial charge is 0.252 e. The third-order valence-corrected chi connectivity index (χ3v) is 9.25. The average molecular weight is 629 g/mol. The van der Waals surface area contributed by atoms with Gasteiger partial charge in [-0.05, 0) is 72.5 Å². The highest BCUT2D eigenvalue weighted by Crippen LogP contribution is 2.40. The SMILES string of the molecule is CCCCOc1ccc(CNC(=O)c2ccccc2SSc2ccccc2C(=O)NCc2ccc(OCCCC)cc2)cc1. The number of amides is 2. The van der Waals surface area contributed by atoms with Gasteiger partial charge in [-0.15, -0.1) is 0 Å². The molecule has 0 saturated heterocycles. The van der Waals surface area contributed by atoms with Gasteiger partial charge in [0.1, 0.15) is 11.5 Å². The Hall–Kier alpha value is -3.88. The summed E-state index contributed by atoms with van der Waals surface area (Å²) >= 11 is 0. The highest BCUT2D eigenvalue weighted by Gasteiger charge is 2.15. The molecule has 6 nitrogen and oxygen atoms in total. The topological polar surface area (TPSA) is 76.7 Å². The number of rotatable bonds is 17. The number of carbonyl (C=O) groups excluding carboxylic acids is 2. The van der Waals surface area contributed by atoms with E-state index in [2.05, 4.69) is 24.5 Å².